The molecule has 3 rings (SSSR count). The van der Waals surface area contributed by atoms with Crippen LogP contribution < -0.4 is 5.32 Å². The van der Waals surface area contributed by atoms with Crippen LogP contribution >= 0.6 is 0 Å². The number of carbonyl (C=O) groups excluding carboxylic acids is 1. The minimum atomic E-state index is -0.000115. The maximum absolute atomic E-state index is 12.2. The average Bonchev–Trinajstić information content (AvgIpc) is 2.82. The fourth-order valence-electron chi connectivity index (χ4n) is 3.89. The number of nitrogens with zero attached hydrogens (tertiary/aromatic N) is 1. The SMILES string of the molecule is CC1(C)CCC(CN2CC3(CCNCC3)CC2=O)O1. The number of ether oxygens (including phenoxy) is 1. The van der Waals surface area contributed by atoms with Crippen LogP contribution in [-0.2, 0) is 9.53 Å². The lowest BCUT2D eigenvalue weighted by atomic mass is 9.78. The summed E-state index contributed by atoms with van der Waals surface area (Å²) >= 11 is 0. The molecule has 1 N–H and O–H groups in total. The Balaban J connectivity index is 1.59. The average molecular weight is 266 g/mol. The van der Waals surface area contributed by atoms with Crippen LogP contribution in [0, 0.1) is 5.41 Å². The molecule has 0 aliphatic carbocycles. The van der Waals surface area contributed by atoms with Gasteiger partial charge in [-0.15, -0.1) is 0 Å². The number of carbonyl (C=O) groups is 1. The molecule has 108 valence electrons. The molecule has 0 saturated carbocycles. The van der Waals surface area contributed by atoms with Crippen molar-refractivity contribution in [2.75, 3.05) is 26.2 Å². The van der Waals surface area contributed by atoms with Gasteiger partial charge in [0.15, 0.2) is 0 Å². The molecule has 0 aromatic rings. The number of amides is 1. The number of hydrogen-bond acceptors (Lipinski definition) is 3. The summed E-state index contributed by atoms with van der Waals surface area (Å²) in [7, 11) is 0. The van der Waals surface area contributed by atoms with Crippen LogP contribution in [0.5, 0.6) is 0 Å². The highest BCUT2D eigenvalue weighted by atomic mass is 16.5. The largest absolute Gasteiger partial charge is 0.371 e. The van der Waals surface area contributed by atoms with Crippen LogP contribution in [0.4, 0.5) is 0 Å². The van der Waals surface area contributed by atoms with E-state index in [2.05, 4.69) is 24.1 Å². The molecular weight excluding hydrogens is 240 g/mol. The van der Waals surface area contributed by atoms with Gasteiger partial charge < -0.3 is 15.0 Å². The lowest BCUT2D eigenvalue weighted by Gasteiger charge is -2.33. The van der Waals surface area contributed by atoms with Gasteiger partial charge in [-0.3, -0.25) is 4.79 Å². The smallest absolute Gasteiger partial charge is 0.223 e. The summed E-state index contributed by atoms with van der Waals surface area (Å²) in [5.74, 6) is 0.343. The summed E-state index contributed by atoms with van der Waals surface area (Å²) in [6.45, 7) is 8.17. The first-order chi connectivity index (χ1) is 8.98. The Labute approximate surface area is 115 Å². The van der Waals surface area contributed by atoms with Gasteiger partial charge >= 0.3 is 0 Å². The van der Waals surface area contributed by atoms with Gasteiger partial charge in [-0.2, -0.15) is 0 Å². The van der Waals surface area contributed by atoms with Gasteiger partial charge in [0.2, 0.25) is 5.91 Å². The van der Waals surface area contributed by atoms with Crippen LogP contribution in [-0.4, -0.2) is 48.7 Å². The second-order valence-electron chi connectivity index (χ2n) is 7.24. The lowest BCUT2D eigenvalue weighted by Crippen LogP contribution is -2.40. The minimum absolute atomic E-state index is 0.000115. The molecule has 0 aromatic carbocycles. The van der Waals surface area contributed by atoms with Crippen molar-refractivity contribution in [3.05, 3.63) is 0 Å². The van der Waals surface area contributed by atoms with Gasteiger partial charge in [-0.25, -0.2) is 0 Å². The highest BCUT2D eigenvalue weighted by molar-refractivity contribution is 5.79. The van der Waals surface area contributed by atoms with Gasteiger partial charge in [0.05, 0.1) is 11.7 Å². The van der Waals surface area contributed by atoms with E-state index in [1.54, 1.807) is 0 Å². The molecule has 1 spiro atoms. The lowest BCUT2D eigenvalue weighted by molar-refractivity contribution is -0.130. The van der Waals surface area contributed by atoms with Gasteiger partial charge in [-0.05, 0) is 58.0 Å². The van der Waals surface area contributed by atoms with Crippen LogP contribution in [0.25, 0.3) is 0 Å². The van der Waals surface area contributed by atoms with E-state index < -0.39 is 0 Å². The molecule has 3 heterocycles. The molecule has 0 bridgehead atoms. The van der Waals surface area contributed by atoms with Gasteiger partial charge in [-0.1, -0.05) is 0 Å². The van der Waals surface area contributed by atoms with Crippen LogP contribution in [0.1, 0.15) is 46.0 Å². The molecule has 19 heavy (non-hydrogen) atoms. The summed E-state index contributed by atoms with van der Waals surface area (Å²) in [6, 6.07) is 0. The van der Waals surface area contributed by atoms with Crippen molar-refractivity contribution >= 4 is 5.91 Å². The van der Waals surface area contributed by atoms with E-state index in [1.165, 1.54) is 0 Å². The Kier molecular flexibility index (Phi) is 3.34. The van der Waals surface area contributed by atoms with Crippen molar-refractivity contribution in [3.8, 4) is 0 Å². The molecule has 3 saturated heterocycles. The van der Waals surface area contributed by atoms with E-state index in [0.29, 0.717) is 5.91 Å². The summed E-state index contributed by atoms with van der Waals surface area (Å²) in [6.07, 6.45) is 5.49. The maximum Gasteiger partial charge on any atom is 0.223 e. The number of hydrogen-bond donors (Lipinski definition) is 1. The van der Waals surface area contributed by atoms with E-state index in [1.807, 2.05) is 0 Å². The molecule has 3 aliphatic rings. The molecule has 0 aromatic heterocycles. The molecule has 0 radical (unpaired) electrons. The zero-order valence-electron chi connectivity index (χ0n) is 12.2. The molecule has 1 amide bonds. The topological polar surface area (TPSA) is 41.6 Å². The number of nitrogens with one attached hydrogen (secondary N) is 1. The highest BCUT2D eigenvalue weighted by Crippen LogP contribution is 2.40. The van der Waals surface area contributed by atoms with E-state index in [9.17, 15) is 4.79 Å². The maximum atomic E-state index is 12.2. The van der Waals surface area contributed by atoms with Crippen LogP contribution in [0.3, 0.4) is 0 Å². The van der Waals surface area contributed by atoms with Crippen molar-refractivity contribution in [1.82, 2.24) is 10.2 Å². The third kappa shape index (κ3) is 2.79. The Bertz CT molecular complexity index is 361. The van der Waals surface area contributed by atoms with Gasteiger partial charge in [0.25, 0.3) is 0 Å². The third-order valence-electron chi connectivity index (χ3n) is 5.05. The number of likely N-dealkylation sites (tertiary alicyclic amines) is 1. The summed E-state index contributed by atoms with van der Waals surface area (Å²) in [5.41, 5.74) is 0.260. The first-order valence-corrected chi connectivity index (χ1v) is 7.64. The molecule has 3 aliphatic heterocycles. The summed E-state index contributed by atoms with van der Waals surface area (Å²) < 4.78 is 6.03. The van der Waals surface area contributed by atoms with Crippen LogP contribution in [0.2, 0.25) is 0 Å². The molecule has 4 heteroatoms. The molecule has 3 fully saturated rings. The summed E-state index contributed by atoms with van der Waals surface area (Å²) in [4.78, 5) is 14.3. The predicted molar refractivity (Wildman–Crippen MR) is 73.9 cm³/mol. The highest BCUT2D eigenvalue weighted by Gasteiger charge is 2.45. The molecule has 4 nitrogen and oxygen atoms in total. The normalized spacial score (nSPS) is 33.3. The number of piperidine rings is 1. The predicted octanol–water partition coefficient (Wildman–Crippen LogP) is 1.55. The monoisotopic (exact) mass is 266 g/mol. The zero-order chi connectivity index (χ0) is 13.5. The Morgan fingerprint density at radius 1 is 1.32 bits per heavy atom. The van der Waals surface area contributed by atoms with E-state index in [-0.39, 0.29) is 17.1 Å². The fraction of sp³-hybridized carbons (Fsp3) is 0.933. The van der Waals surface area contributed by atoms with Crippen LogP contribution in [0.15, 0.2) is 0 Å². The van der Waals surface area contributed by atoms with E-state index in [4.69, 9.17) is 4.74 Å². The minimum Gasteiger partial charge on any atom is -0.371 e. The number of rotatable bonds is 2. The fourth-order valence-corrected chi connectivity index (χ4v) is 3.89. The van der Waals surface area contributed by atoms with Crippen molar-refractivity contribution < 1.29 is 9.53 Å². The Hall–Kier alpha value is -0.610. The van der Waals surface area contributed by atoms with Crippen molar-refractivity contribution in [2.45, 2.75) is 57.7 Å². The van der Waals surface area contributed by atoms with Gasteiger partial charge in [0, 0.05) is 19.5 Å². The molecular formula is C15H26N2O2. The standard InChI is InChI=1S/C15H26N2O2/c1-14(2)4-3-12(19-14)10-17-11-15(9-13(17)18)5-7-16-8-6-15/h12,16H,3-11H2,1-2H3. The molecule has 1 atom stereocenters. The molecule has 1 unspecified atom stereocenters. The quantitative estimate of drug-likeness (QED) is 0.824. The zero-order valence-corrected chi connectivity index (χ0v) is 12.2. The second-order valence-corrected chi connectivity index (χ2v) is 7.24. The second kappa shape index (κ2) is 4.74. The summed E-state index contributed by atoms with van der Waals surface area (Å²) in [5, 5.41) is 3.39. The van der Waals surface area contributed by atoms with Crippen molar-refractivity contribution in [2.24, 2.45) is 5.41 Å². The first-order valence-electron chi connectivity index (χ1n) is 7.64. The Morgan fingerprint density at radius 2 is 2.05 bits per heavy atom. The first kappa shape index (κ1) is 13.4. The van der Waals surface area contributed by atoms with Crippen molar-refractivity contribution in [3.63, 3.8) is 0 Å². The van der Waals surface area contributed by atoms with E-state index in [0.717, 1.165) is 58.3 Å². The van der Waals surface area contributed by atoms with E-state index >= 15 is 0 Å². The third-order valence-corrected chi connectivity index (χ3v) is 5.05. The van der Waals surface area contributed by atoms with Gasteiger partial charge in [0.1, 0.15) is 0 Å². The Morgan fingerprint density at radius 3 is 2.68 bits per heavy atom. The van der Waals surface area contributed by atoms with Crippen molar-refractivity contribution in [1.29, 1.82) is 0 Å².